The van der Waals surface area contributed by atoms with E-state index < -0.39 is 0 Å². The van der Waals surface area contributed by atoms with Gasteiger partial charge >= 0.3 is 0 Å². The van der Waals surface area contributed by atoms with E-state index in [0.717, 1.165) is 25.7 Å². The van der Waals surface area contributed by atoms with Crippen molar-refractivity contribution in [1.29, 1.82) is 0 Å². The Kier molecular flexibility index (Phi) is 6.85. The van der Waals surface area contributed by atoms with Crippen LogP contribution >= 0.6 is 0 Å². The minimum atomic E-state index is 0.700. The van der Waals surface area contributed by atoms with Crippen LogP contribution < -0.4 is 0 Å². The first-order chi connectivity index (χ1) is 11.2. The number of hydrogen-bond acceptors (Lipinski definition) is 1. The standard InChI is InChI=1S/C22H30O/c1-5-17-9-11-21(19(7-3)13-17)15-23-16-22-12-10-18(6-2)14-20(22)8-4/h9-14H,5-8,15-16H2,1-4H3. The number of benzene rings is 2. The van der Waals surface area contributed by atoms with E-state index in [1.807, 2.05) is 0 Å². The normalized spacial score (nSPS) is 11.0. The summed E-state index contributed by atoms with van der Waals surface area (Å²) in [5.74, 6) is 0. The van der Waals surface area contributed by atoms with Gasteiger partial charge in [0, 0.05) is 0 Å². The molecule has 2 aromatic carbocycles. The summed E-state index contributed by atoms with van der Waals surface area (Å²) in [7, 11) is 0. The predicted octanol–water partition coefficient (Wildman–Crippen LogP) is 5.65. The second kappa shape index (κ2) is 8.88. The molecular weight excluding hydrogens is 280 g/mol. The third-order valence-electron chi connectivity index (χ3n) is 4.63. The molecule has 0 heterocycles. The van der Waals surface area contributed by atoms with E-state index in [0.29, 0.717) is 13.2 Å². The van der Waals surface area contributed by atoms with E-state index in [2.05, 4.69) is 64.1 Å². The highest BCUT2D eigenvalue weighted by Crippen LogP contribution is 2.18. The molecule has 23 heavy (non-hydrogen) atoms. The van der Waals surface area contributed by atoms with Crippen LogP contribution in [0.3, 0.4) is 0 Å². The van der Waals surface area contributed by atoms with Crippen molar-refractivity contribution in [2.24, 2.45) is 0 Å². The monoisotopic (exact) mass is 310 g/mol. The summed E-state index contributed by atoms with van der Waals surface area (Å²) in [5.41, 5.74) is 8.31. The van der Waals surface area contributed by atoms with Crippen molar-refractivity contribution in [2.45, 2.75) is 66.6 Å². The van der Waals surface area contributed by atoms with Crippen molar-refractivity contribution in [3.8, 4) is 0 Å². The zero-order chi connectivity index (χ0) is 16.7. The summed E-state index contributed by atoms with van der Waals surface area (Å²) in [4.78, 5) is 0. The van der Waals surface area contributed by atoms with Crippen LogP contribution in [0, 0.1) is 0 Å². The molecular formula is C22H30O. The Bertz CT molecular complexity index is 572. The van der Waals surface area contributed by atoms with Gasteiger partial charge in [-0.2, -0.15) is 0 Å². The van der Waals surface area contributed by atoms with Crippen molar-refractivity contribution in [2.75, 3.05) is 0 Å². The van der Waals surface area contributed by atoms with Gasteiger partial charge in [-0.05, 0) is 59.1 Å². The molecule has 0 spiro atoms. The van der Waals surface area contributed by atoms with Gasteiger partial charge in [-0.1, -0.05) is 64.1 Å². The fourth-order valence-corrected chi connectivity index (χ4v) is 3.01. The lowest BCUT2D eigenvalue weighted by molar-refractivity contribution is 0.106. The molecule has 0 atom stereocenters. The van der Waals surface area contributed by atoms with Gasteiger partial charge in [-0.25, -0.2) is 0 Å². The molecule has 0 saturated heterocycles. The molecule has 2 rings (SSSR count). The quantitative estimate of drug-likeness (QED) is 0.612. The van der Waals surface area contributed by atoms with Gasteiger partial charge in [0.1, 0.15) is 0 Å². The highest BCUT2D eigenvalue weighted by Gasteiger charge is 2.05. The van der Waals surface area contributed by atoms with Gasteiger partial charge in [-0.3, -0.25) is 0 Å². The Morgan fingerprint density at radius 1 is 0.565 bits per heavy atom. The molecule has 0 amide bonds. The summed E-state index contributed by atoms with van der Waals surface area (Å²) >= 11 is 0. The number of hydrogen-bond donors (Lipinski definition) is 0. The van der Waals surface area contributed by atoms with Gasteiger partial charge in [0.15, 0.2) is 0 Å². The Hall–Kier alpha value is -1.60. The molecule has 0 unspecified atom stereocenters. The molecule has 0 saturated carbocycles. The van der Waals surface area contributed by atoms with E-state index in [4.69, 9.17) is 4.74 Å². The Morgan fingerprint density at radius 3 is 1.35 bits per heavy atom. The van der Waals surface area contributed by atoms with Crippen molar-refractivity contribution >= 4 is 0 Å². The van der Waals surface area contributed by atoms with Crippen LogP contribution in [0.2, 0.25) is 0 Å². The average Bonchev–Trinajstić information content (AvgIpc) is 2.61. The lowest BCUT2D eigenvalue weighted by Crippen LogP contribution is -2.01. The van der Waals surface area contributed by atoms with Gasteiger partial charge in [0.05, 0.1) is 13.2 Å². The van der Waals surface area contributed by atoms with Crippen molar-refractivity contribution in [3.05, 3.63) is 69.8 Å². The predicted molar refractivity (Wildman–Crippen MR) is 98.9 cm³/mol. The van der Waals surface area contributed by atoms with Crippen LogP contribution in [0.4, 0.5) is 0 Å². The number of rotatable bonds is 8. The highest BCUT2D eigenvalue weighted by atomic mass is 16.5. The molecule has 1 nitrogen and oxygen atoms in total. The zero-order valence-corrected chi connectivity index (χ0v) is 15.1. The van der Waals surface area contributed by atoms with E-state index >= 15 is 0 Å². The summed E-state index contributed by atoms with van der Waals surface area (Å²) in [5, 5.41) is 0. The maximum absolute atomic E-state index is 6.04. The first-order valence-corrected chi connectivity index (χ1v) is 9.00. The smallest absolute Gasteiger partial charge is 0.0724 e. The molecule has 0 radical (unpaired) electrons. The summed E-state index contributed by atoms with van der Waals surface area (Å²) in [6.07, 6.45) is 4.32. The second-order valence-electron chi connectivity index (χ2n) is 6.11. The Labute approximate surface area is 141 Å². The second-order valence-corrected chi connectivity index (χ2v) is 6.11. The molecule has 0 aliphatic heterocycles. The lowest BCUT2D eigenvalue weighted by Gasteiger charge is -2.13. The van der Waals surface area contributed by atoms with Crippen LogP contribution in [0.5, 0.6) is 0 Å². The molecule has 0 aliphatic carbocycles. The molecule has 0 bridgehead atoms. The molecule has 1 heteroatoms. The first-order valence-electron chi connectivity index (χ1n) is 9.00. The number of aryl methyl sites for hydroxylation is 4. The van der Waals surface area contributed by atoms with Gasteiger partial charge < -0.3 is 4.74 Å². The summed E-state index contributed by atoms with van der Waals surface area (Å²) < 4.78 is 6.04. The van der Waals surface area contributed by atoms with Gasteiger partial charge in [0.25, 0.3) is 0 Å². The van der Waals surface area contributed by atoms with Crippen LogP contribution in [0.1, 0.15) is 61.1 Å². The Morgan fingerprint density at radius 2 is 1.00 bits per heavy atom. The maximum atomic E-state index is 6.04. The van der Waals surface area contributed by atoms with Crippen LogP contribution in [0.25, 0.3) is 0 Å². The third kappa shape index (κ3) is 4.68. The fraction of sp³-hybridized carbons (Fsp3) is 0.455. The fourth-order valence-electron chi connectivity index (χ4n) is 3.01. The minimum absolute atomic E-state index is 0.700. The van der Waals surface area contributed by atoms with E-state index in [9.17, 15) is 0 Å². The topological polar surface area (TPSA) is 9.23 Å². The highest BCUT2D eigenvalue weighted by molar-refractivity contribution is 5.33. The summed E-state index contributed by atoms with van der Waals surface area (Å²) in [6.45, 7) is 10.2. The van der Waals surface area contributed by atoms with Crippen LogP contribution in [-0.2, 0) is 43.6 Å². The zero-order valence-electron chi connectivity index (χ0n) is 15.1. The Balaban J connectivity index is 2.02. The summed E-state index contributed by atoms with van der Waals surface area (Å²) in [6, 6.07) is 13.6. The van der Waals surface area contributed by atoms with E-state index in [1.54, 1.807) is 0 Å². The molecule has 124 valence electrons. The molecule has 0 N–H and O–H groups in total. The SMILES string of the molecule is CCc1ccc(COCc2ccc(CC)cc2CC)c(CC)c1. The van der Waals surface area contributed by atoms with Crippen LogP contribution in [0.15, 0.2) is 36.4 Å². The molecule has 0 fully saturated rings. The van der Waals surface area contributed by atoms with Crippen LogP contribution in [-0.4, -0.2) is 0 Å². The third-order valence-corrected chi connectivity index (χ3v) is 4.63. The van der Waals surface area contributed by atoms with Crippen molar-refractivity contribution in [3.63, 3.8) is 0 Å². The average molecular weight is 310 g/mol. The van der Waals surface area contributed by atoms with Crippen molar-refractivity contribution < 1.29 is 4.74 Å². The largest absolute Gasteiger partial charge is 0.372 e. The van der Waals surface area contributed by atoms with Gasteiger partial charge in [0.2, 0.25) is 0 Å². The van der Waals surface area contributed by atoms with E-state index in [1.165, 1.54) is 33.4 Å². The van der Waals surface area contributed by atoms with Crippen molar-refractivity contribution in [1.82, 2.24) is 0 Å². The van der Waals surface area contributed by atoms with E-state index in [-0.39, 0.29) is 0 Å². The molecule has 0 aromatic heterocycles. The lowest BCUT2D eigenvalue weighted by atomic mass is 10.0. The minimum Gasteiger partial charge on any atom is -0.372 e. The molecule has 0 aliphatic rings. The number of ether oxygens (including phenoxy) is 1. The molecule has 2 aromatic rings. The first kappa shape index (κ1) is 17.7. The maximum Gasteiger partial charge on any atom is 0.0724 e. The van der Waals surface area contributed by atoms with Gasteiger partial charge in [-0.15, -0.1) is 0 Å².